The van der Waals surface area contributed by atoms with Gasteiger partial charge in [0.15, 0.2) is 5.78 Å². The Morgan fingerprint density at radius 1 is 1.16 bits per heavy atom. The summed E-state index contributed by atoms with van der Waals surface area (Å²) in [6.45, 7) is 0.305. The fraction of sp³-hybridized carbons (Fsp3) is 0.0667. The molecule has 1 heterocycles. The molecule has 0 saturated carbocycles. The lowest BCUT2D eigenvalue weighted by Crippen LogP contribution is -2.08. The van der Waals surface area contributed by atoms with Gasteiger partial charge in [0.1, 0.15) is 0 Å². The van der Waals surface area contributed by atoms with Crippen LogP contribution in [0.25, 0.3) is 10.8 Å². The van der Waals surface area contributed by atoms with E-state index >= 15 is 0 Å². The zero-order chi connectivity index (χ0) is 13.2. The van der Waals surface area contributed by atoms with Crippen molar-refractivity contribution in [3.8, 4) is 0 Å². The molecule has 0 spiro atoms. The number of ketones is 1. The van der Waals surface area contributed by atoms with Gasteiger partial charge in [-0.25, -0.2) is 4.98 Å². The average Bonchev–Trinajstić information content (AvgIpc) is 2.91. The first-order chi connectivity index (χ1) is 9.22. The van der Waals surface area contributed by atoms with Crippen LogP contribution in [0, 0.1) is 0 Å². The minimum atomic E-state index is 0.0647. The van der Waals surface area contributed by atoms with Crippen LogP contribution in [0.1, 0.15) is 10.4 Å². The molecular formula is C15H11ClN2O. The number of imidazole rings is 1. The highest BCUT2D eigenvalue weighted by Gasteiger charge is 2.07. The maximum Gasteiger partial charge on any atom is 0.182 e. The molecule has 1 aromatic heterocycles. The second-order valence-electron chi connectivity index (χ2n) is 4.36. The van der Waals surface area contributed by atoms with E-state index in [1.165, 1.54) is 0 Å². The maximum atomic E-state index is 12.1. The van der Waals surface area contributed by atoms with Crippen LogP contribution >= 0.6 is 11.6 Å². The SMILES string of the molecule is O=C(Cn1ccnc1)c1ccc2cc(Cl)ccc2c1. The van der Waals surface area contributed by atoms with Gasteiger partial charge in [0.25, 0.3) is 0 Å². The number of fused-ring (bicyclic) bond motifs is 1. The van der Waals surface area contributed by atoms with Crippen LogP contribution in [-0.4, -0.2) is 15.3 Å². The van der Waals surface area contributed by atoms with Gasteiger partial charge in [-0.15, -0.1) is 0 Å². The lowest BCUT2D eigenvalue weighted by molar-refractivity contribution is 0.0972. The van der Waals surface area contributed by atoms with E-state index in [-0.39, 0.29) is 5.78 Å². The number of hydrogen-bond acceptors (Lipinski definition) is 2. The van der Waals surface area contributed by atoms with E-state index in [1.807, 2.05) is 36.4 Å². The number of hydrogen-bond donors (Lipinski definition) is 0. The van der Waals surface area contributed by atoms with Crippen molar-refractivity contribution in [2.75, 3.05) is 0 Å². The Labute approximate surface area is 115 Å². The lowest BCUT2D eigenvalue weighted by atomic mass is 10.0. The highest BCUT2D eigenvalue weighted by molar-refractivity contribution is 6.31. The van der Waals surface area contributed by atoms with Crippen molar-refractivity contribution in [1.29, 1.82) is 0 Å². The number of Topliss-reactive ketones (excluding diaryl/α,β-unsaturated/α-hetero) is 1. The van der Waals surface area contributed by atoms with Crippen molar-refractivity contribution in [2.45, 2.75) is 6.54 Å². The zero-order valence-electron chi connectivity index (χ0n) is 10.1. The predicted molar refractivity (Wildman–Crippen MR) is 75.5 cm³/mol. The van der Waals surface area contributed by atoms with Crippen molar-refractivity contribution < 1.29 is 4.79 Å². The first-order valence-corrected chi connectivity index (χ1v) is 6.28. The zero-order valence-corrected chi connectivity index (χ0v) is 10.8. The molecule has 0 amide bonds. The van der Waals surface area contributed by atoms with E-state index in [9.17, 15) is 4.79 Å². The Balaban J connectivity index is 1.92. The summed E-state index contributed by atoms with van der Waals surface area (Å²) in [5.74, 6) is 0.0647. The Morgan fingerprint density at radius 3 is 2.74 bits per heavy atom. The third-order valence-electron chi connectivity index (χ3n) is 3.01. The smallest absolute Gasteiger partial charge is 0.182 e. The average molecular weight is 271 g/mol. The van der Waals surface area contributed by atoms with Gasteiger partial charge in [-0.2, -0.15) is 0 Å². The molecule has 2 aromatic carbocycles. The summed E-state index contributed by atoms with van der Waals surface area (Å²) in [5, 5.41) is 2.75. The van der Waals surface area contributed by atoms with E-state index in [0.717, 1.165) is 10.8 Å². The maximum absolute atomic E-state index is 12.1. The van der Waals surface area contributed by atoms with E-state index < -0.39 is 0 Å². The molecule has 0 aliphatic rings. The number of benzene rings is 2. The summed E-state index contributed by atoms with van der Waals surface area (Å²) in [5.41, 5.74) is 0.698. The Kier molecular flexibility index (Phi) is 3.05. The number of nitrogens with zero attached hydrogens (tertiary/aromatic N) is 2. The summed E-state index contributed by atoms with van der Waals surface area (Å²) >= 11 is 5.94. The van der Waals surface area contributed by atoms with Crippen molar-refractivity contribution in [3.63, 3.8) is 0 Å². The second kappa shape index (κ2) is 4.86. The number of carbonyl (C=O) groups excluding carboxylic acids is 1. The molecule has 0 aliphatic carbocycles. The Bertz CT molecular complexity index is 735. The minimum absolute atomic E-state index is 0.0647. The standard InChI is InChI=1S/C15H11ClN2O/c16-14-4-3-11-7-13(2-1-12(11)8-14)15(19)9-18-6-5-17-10-18/h1-8,10H,9H2. The van der Waals surface area contributed by atoms with Gasteiger partial charge in [-0.1, -0.05) is 29.8 Å². The molecule has 3 aromatic rings. The largest absolute Gasteiger partial charge is 0.330 e. The molecule has 4 heteroatoms. The van der Waals surface area contributed by atoms with Crippen LogP contribution in [0.15, 0.2) is 55.1 Å². The summed E-state index contributed by atoms with van der Waals surface area (Å²) < 4.78 is 1.76. The molecule has 0 unspecified atom stereocenters. The fourth-order valence-corrected chi connectivity index (χ4v) is 2.21. The molecule has 3 rings (SSSR count). The first kappa shape index (κ1) is 11.9. The van der Waals surface area contributed by atoms with E-state index in [0.29, 0.717) is 17.1 Å². The monoisotopic (exact) mass is 270 g/mol. The molecule has 0 fully saturated rings. The summed E-state index contributed by atoms with van der Waals surface area (Å²) in [4.78, 5) is 16.1. The molecule has 0 radical (unpaired) electrons. The molecule has 0 atom stereocenters. The van der Waals surface area contributed by atoms with Gasteiger partial charge in [0.2, 0.25) is 0 Å². The van der Waals surface area contributed by atoms with Crippen molar-refractivity contribution in [2.24, 2.45) is 0 Å². The van der Waals surface area contributed by atoms with Crippen molar-refractivity contribution in [3.05, 3.63) is 65.7 Å². The van der Waals surface area contributed by atoms with Crippen LogP contribution in [0.2, 0.25) is 5.02 Å². The van der Waals surface area contributed by atoms with Gasteiger partial charge >= 0.3 is 0 Å². The third kappa shape index (κ3) is 2.51. The first-order valence-electron chi connectivity index (χ1n) is 5.91. The number of halogens is 1. The fourth-order valence-electron chi connectivity index (χ4n) is 2.03. The summed E-state index contributed by atoms with van der Waals surface area (Å²) in [6.07, 6.45) is 5.08. The van der Waals surface area contributed by atoms with E-state index in [2.05, 4.69) is 4.98 Å². The number of carbonyl (C=O) groups is 1. The van der Waals surface area contributed by atoms with Crippen LogP contribution in [-0.2, 0) is 6.54 Å². The molecule has 0 saturated heterocycles. The molecule has 94 valence electrons. The van der Waals surface area contributed by atoms with Gasteiger partial charge in [0, 0.05) is 23.0 Å². The number of aromatic nitrogens is 2. The van der Waals surface area contributed by atoms with Crippen LogP contribution in [0.3, 0.4) is 0 Å². The summed E-state index contributed by atoms with van der Waals surface area (Å²) in [7, 11) is 0. The molecule has 0 aliphatic heterocycles. The van der Waals surface area contributed by atoms with Gasteiger partial charge in [-0.05, 0) is 29.0 Å². The second-order valence-corrected chi connectivity index (χ2v) is 4.80. The molecule has 0 bridgehead atoms. The molecule has 3 nitrogen and oxygen atoms in total. The van der Waals surface area contributed by atoms with Crippen LogP contribution in [0.5, 0.6) is 0 Å². The molecular weight excluding hydrogens is 260 g/mol. The predicted octanol–water partition coefficient (Wildman–Crippen LogP) is 3.57. The lowest BCUT2D eigenvalue weighted by Gasteiger charge is -2.04. The highest BCUT2D eigenvalue weighted by Crippen LogP contribution is 2.21. The third-order valence-corrected chi connectivity index (χ3v) is 3.24. The minimum Gasteiger partial charge on any atom is -0.330 e. The normalized spacial score (nSPS) is 10.8. The van der Waals surface area contributed by atoms with Gasteiger partial charge in [0.05, 0.1) is 12.9 Å². The Hall–Kier alpha value is -2.13. The van der Waals surface area contributed by atoms with Crippen LogP contribution < -0.4 is 0 Å². The summed E-state index contributed by atoms with van der Waals surface area (Å²) in [6, 6.07) is 11.3. The van der Waals surface area contributed by atoms with Gasteiger partial charge in [-0.3, -0.25) is 4.79 Å². The van der Waals surface area contributed by atoms with E-state index in [4.69, 9.17) is 11.6 Å². The van der Waals surface area contributed by atoms with Gasteiger partial charge < -0.3 is 4.57 Å². The van der Waals surface area contributed by atoms with Crippen molar-refractivity contribution >= 4 is 28.2 Å². The van der Waals surface area contributed by atoms with Crippen LogP contribution in [0.4, 0.5) is 0 Å². The van der Waals surface area contributed by atoms with Crippen molar-refractivity contribution in [1.82, 2.24) is 9.55 Å². The topological polar surface area (TPSA) is 34.9 Å². The molecule has 19 heavy (non-hydrogen) atoms. The highest BCUT2D eigenvalue weighted by atomic mass is 35.5. The number of rotatable bonds is 3. The quantitative estimate of drug-likeness (QED) is 0.682. The van der Waals surface area contributed by atoms with E-state index in [1.54, 1.807) is 23.3 Å². The molecule has 0 N–H and O–H groups in total. The Morgan fingerprint density at radius 2 is 1.95 bits per heavy atom.